The maximum atomic E-state index is 5.72. The first kappa shape index (κ1) is 47.7. The molecule has 0 aromatic rings. The Morgan fingerprint density at radius 1 is 0.250 bits per heavy atom. The molecular weight excluding hydrogens is 640 g/mol. The molecule has 290 valence electrons. The average Bonchev–Trinajstić information content (AvgIpc) is 3.06. The molecule has 13 heteroatoms. The van der Waals surface area contributed by atoms with E-state index < -0.39 is 8.32 Å². The third kappa shape index (κ3) is 45.7. The molecule has 0 fully saturated rings. The molecule has 0 amide bonds. The number of hydrogen-bond acceptors (Lipinski definition) is 12. The standard InChI is InChI=1S/C35H74O12Si/c1-5-6-7-8-9-10-11-12-13-36-14-15-37-16-17-38-18-19-39-20-21-40-22-23-41-24-25-42-26-27-43-28-29-44-30-31-45-32-33-46-34-35-47-48(2,3)4/h5-35H2,1-4H3. The van der Waals surface area contributed by atoms with Crippen molar-refractivity contribution in [3.8, 4) is 0 Å². The third-order valence-electron chi connectivity index (χ3n) is 6.63. The molecule has 48 heavy (non-hydrogen) atoms. The SMILES string of the molecule is CCCCCCCCCCOCCOCCOCCOCCOCCOCCOCCOCCOCCOCCOCCO[Si](C)(C)C. The van der Waals surface area contributed by atoms with Crippen LogP contribution in [-0.2, 0) is 56.5 Å². The van der Waals surface area contributed by atoms with E-state index in [1.54, 1.807) is 0 Å². The maximum absolute atomic E-state index is 5.72. The summed E-state index contributed by atoms with van der Waals surface area (Å²) >= 11 is 0. The van der Waals surface area contributed by atoms with Gasteiger partial charge in [0.2, 0.25) is 0 Å². The van der Waals surface area contributed by atoms with Gasteiger partial charge < -0.3 is 56.5 Å². The topological polar surface area (TPSA) is 111 Å². The zero-order valence-corrected chi connectivity index (χ0v) is 32.3. The van der Waals surface area contributed by atoms with Crippen molar-refractivity contribution in [1.29, 1.82) is 0 Å². The maximum Gasteiger partial charge on any atom is 0.183 e. The van der Waals surface area contributed by atoms with Crippen LogP contribution >= 0.6 is 0 Å². The van der Waals surface area contributed by atoms with Gasteiger partial charge in [0.15, 0.2) is 8.32 Å². The molecule has 0 N–H and O–H groups in total. The fourth-order valence-corrected chi connectivity index (χ4v) is 4.74. The number of hydrogen-bond donors (Lipinski definition) is 0. The lowest BCUT2D eigenvalue weighted by molar-refractivity contribution is -0.0277. The largest absolute Gasteiger partial charge is 0.415 e. The summed E-state index contributed by atoms with van der Waals surface area (Å²) in [6.07, 6.45) is 10.5. The van der Waals surface area contributed by atoms with E-state index in [9.17, 15) is 0 Å². The van der Waals surface area contributed by atoms with Crippen molar-refractivity contribution in [2.75, 3.05) is 152 Å². The van der Waals surface area contributed by atoms with Crippen molar-refractivity contribution >= 4 is 8.32 Å². The first-order chi connectivity index (χ1) is 23.6. The van der Waals surface area contributed by atoms with Crippen LogP contribution in [0.1, 0.15) is 58.3 Å². The monoisotopic (exact) mass is 714 g/mol. The molecular formula is C35H74O12Si. The van der Waals surface area contributed by atoms with E-state index in [1.165, 1.54) is 44.9 Å². The van der Waals surface area contributed by atoms with Crippen molar-refractivity contribution in [2.45, 2.75) is 77.9 Å². The van der Waals surface area contributed by atoms with Gasteiger partial charge in [-0.15, -0.1) is 0 Å². The Morgan fingerprint density at radius 2 is 0.458 bits per heavy atom. The summed E-state index contributed by atoms with van der Waals surface area (Å²) in [5.74, 6) is 0. The lowest BCUT2D eigenvalue weighted by atomic mass is 10.1. The van der Waals surface area contributed by atoms with Gasteiger partial charge in [-0.05, 0) is 26.1 Å². The highest BCUT2D eigenvalue weighted by molar-refractivity contribution is 6.69. The van der Waals surface area contributed by atoms with Crippen LogP contribution < -0.4 is 0 Å². The smallest absolute Gasteiger partial charge is 0.183 e. The Labute approximate surface area is 294 Å². The molecule has 0 rings (SSSR count). The number of rotatable bonds is 43. The van der Waals surface area contributed by atoms with E-state index in [2.05, 4.69) is 26.6 Å². The molecule has 0 radical (unpaired) electrons. The minimum atomic E-state index is -1.45. The quantitative estimate of drug-likeness (QED) is 0.0615. The van der Waals surface area contributed by atoms with Gasteiger partial charge in [-0.2, -0.15) is 0 Å². The van der Waals surface area contributed by atoms with E-state index >= 15 is 0 Å². The highest BCUT2D eigenvalue weighted by atomic mass is 28.4. The van der Waals surface area contributed by atoms with Gasteiger partial charge in [-0.25, -0.2) is 0 Å². The molecule has 0 aliphatic rings. The Morgan fingerprint density at radius 3 is 0.708 bits per heavy atom. The molecule has 0 aliphatic carbocycles. The van der Waals surface area contributed by atoms with Crippen molar-refractivity contribution in [1.82, 2.24) is 0 Å². The van der Waals surface area contributed by atoms with E-state index in [4.69, 9.17) is 56.5 Å². The molecule has 0 aromatic carbocycles. The van der Waals surface area contributed by atoms with Gasteiger partial charge in [0.1, 0.15) is 0 Å². The van der Waals surface area contributed by atoms with Gasteiger partial charge in [0.25, 0.3) is 0 Å². The Balaban J connectivity index is 3.05. The molecule has 0 saturated heterocycles. The van der Waals surface area contributed by atoms with E-state index in [0.717, 1.165) is 13.0 Å². The second kappa shape index (κ2) is 41.2. The molecule has 0 bridgehead atoms. The van der Waals surface area contributed by atoms with Crippen LogP contribution in [0.3, 0.4) is 0 Å². The zero-order valence-electron chi connectivity index (χ0n) is 31.3. The van der Waals surface area contributed by atoms with Crippen molar-refractivity contribution < 1.29 is 56.5 Å². The summed E-state index contributed by atoms with van der Waals surface area (Å²) in [6.45, 7) is 21.8. The molecule has 0 saturated carbocycles. The summed E-state index contributed by atoms with van der Waals surface area (Å²) in [6, 6.07) is 0. The van der Waals surface area contributed by atoms with Crippen molar-refractivity contribution in [3.63, 3.8) is 0 Å². The molecule has 0 aromatic heterocycles. The fourth-order valence-electron chi connectivity index (χ4n) is 4.05. The van der Waals surface area contributed by atoms with Crippen molar-refractivity contribution in [2.24, 2.45) is 0 Å². The first-order valence-corrected chi connectivity index (χ1v) is 22.0. The van der Waals surface area contributed by atoms with Crippen LogP contribution in [0.15, 0.2) is 0 Å². The second-order valence-electron chi connectivity index (χ2n) is 12.2. The lowest BCUT2D eigenvalue weighted by Crippen LogP contribution is -2.27. The first-order valence-electron chi connectivity index (χ1n) is 18.6. The van der Waals surface area contributed by atoms with Crippen LogP contribution in [-0.4, -0.2) is 160 Å². The highest BCUT2D eigenvalue weighted by Crippen LogP contribution is 2.08. The predicted molar refractivity (Wildman–Crippen MR) is 191 cm³/mol. The third-order valence-corrected chi connectivity index (χ3v) is 7.70. The predicted octanol–water partition coefficient (Wildman–Crippen LogP) is 5.16. The van der Waals surface area contributed by atoms with Gasteiger partial charge in [0, 0.05) is 6.61 Å². The molecule has 0 atom stereocenters. The van der Waals surface area contributed by atoms with Crippen LogP contribution in [0, 0.1) is 0 Å². The normalized spacial score (nSPS) is 12.0. The lowest BCUT2D eigenvalue weighted by Gasteiger charge is -2.16. The second-order valence-corrected chi connectivity index (χ2v) is 16.7. The highest BCUT2D eigenvalue weighted by Gasteiger charge is 2.13. The Kier molecular flexibility index (Phi) is 40.9. The molecule has 0 unspecified atom stereocenters. The van der Waals surface area contributed by atoms with Gasteiger partial charge in [0.05, 0.1) is 145 Å². The molecule has 0 spiro atoms. The number of ether oxygens (including phenoxy) is 11. The number of unbranched alkanes of at least 4 members (excludes halogenated alkanes) is 7. The summed E-state index contributed by atoms with van der Waals surface area (Å²) < 4.78 is 66.3. The van der Waals surface area contributed by atoms with Crippen LogP contribution in [0.2, 0.25) is 19.6 Å². The van der Waals surface area contributed by atoms with Gasteiger partial charge >= 0.3 is 0 Å². The summed E-state index contributed by atoms with van der Waals surface area (Å²) in [4.78, 5) is 0. The van der Waals surface area contributed by atoms with Gasteiger partial charge in [-0.1, -0.05) is 51.9 Å². The Bertz CT molecular complexity index is 586. The minimum absolute atomic E-state index is 0.521. The van der Waals surface area contributed by atoms with Crippen LogP contribution in [0.25, 0.3) is 0 Å². The molecule has 12 nitrogen and oxygen atoms in total. The Hall–Kier alpha value is -0.263. The van der Waals surface area contributed by atoms with Gasteiger partial charge in [-0.3, -0.25) is 0 Å². The molecule has 0 heterocycles. The van der Waals surface area contributed by atoms with E-state index in [-0.39, 0.29) is 0 Å². The van der Waals surface area contributed by atoms with Crippen LogP contribution in [0.4, 0.5) is 0 Å². The van der Waals surface area contributed by atoms with Crippen molar-refractivity contribution in [3.05, 3.63) is 0 Å². The average molecular weight is 715 g/mol. The summed E-state index contributed by atoms with van der Waals surface area (Å²) in [5.41, 5.74) is 0. The minimum Gasteiger partial charge on any atom is -0.415 e. The molecule has 0 aliphatic heterocycles. The van der Waals surface area contributed by atoms with E-state index in [0.29, 0.717) is 145 Å². The summed E-state index contributed by atoms with van der Waals surface area (Å²) in [5, 5.41) is 0. The van der Waals surface area contributed by atoms with E-state index in [1.807, 2.05) is 0 Å². The summed E-state index contributed by atoms with van der Waals surface area (Å²) in [7, 11) is -1.45. The fraction of sp³-hybridized carbons (Fsp3) is 1.00. The zero-order chi connectivity index (χ0) is 34.9. The van der Waals surface area contributed by atoms with Crippen LogP contribution in [0.5, 0.6) is 0 Å².